The van der Waals surface area contributed by atoms with Gasteiger partial charge in [-0.15, -0.1) is 0 Å². The molecule has 1 aliphatic heterocycles. The van der Waals surface area contributed by atoms with Gasteiger partial charge in [-0.05, 0) is 36.8 Å². The zero-order chi connectivity index (χ0) is 14.1. The first-order valence-electron chi connectivity index (χ1n) is 7.12. The number of carbonyl (C=O) groups excluding carboxylic acids is 2. The van der Waals surface area contributed by atoms with Gasteiger partial charge in [0, 0.05) is 31.9 Å². The van der Waals surface area contributed by atoms with Gasteiger partial charge in [-0.1, -0.05) is 6.07 Å². The lowest BCUT2D eigenvalue weighted by Gasteiger charge is -2.24. The summed E-state index contributed by atoms with van der Waals surface area (Å²) < 4.78 is 0. The fourth-order valence-corrected chi connectivity index (χ4v) is 2.68. The molecule has 1 saturated carbocycles. The minimum absolute atomic E-state index is 0.0138. The van der Waals surface area contributed by atoms with Crippen molar-refractivity contribution in [2.45, 2.75) is 38.8 Å². The van der Waals surface area contributed by atoms with Gasteiger partial charge >= 0.3 is 0 Å². The predicted octanol–water partition coefficient (Wildman–Crippen LogP) is 1.02. The molecule has 0 aromatic carbocycles. The van der Waals surface area contributed by atoms with Crippen LogP contribution < -0.4 is 5.32 Å². The number of aryl methyl sites for hydroxylation is 1. The normalized spacial score (nSPS) is 23.4. The Kier molecular flexibility index (Phi) is 3.42. The lowest BCUT2D eigenvalue weighted by molar-refractivity contribution is -0.134. The van der Waals surface area contributed by atoms with Crippen molar-refractivity contribution < 1.29 is 9.59 Å². The van der Waals surface area contributed by atoms with Crippen LogP contribution in [0.15, 0.2) is 18.5 Å². The Morgan fingerprint density at radius 3 is 2.85 bits per heavy atom. The number of nitrogens with one attached hydrogen (secondary N) is 1. The Hall–Kier alpha value is -1.91. The first-order chi connectivity index (χ1) is 9.63. The Labute approximate surface area is 118 Å². The van der Waals surface area contributed by atoms with Gasteiger partial charge in [0.05, 0.1) is 0 Å². The third kappa shape index (κ3) is 2.81. The van der Waals surface area contributed by atoms with Crippen LogP contribution in [0.1, 0.15) is 30.4 Å². The van der Waals surface area contributed by atoms with Crippen molar-refractivity contribution in [3.8, 4) is 0 Å². The molecule has 5 nitrogen and oxygen atoms in total. The van der Waals surface area contributed by atoms with E-state index in [9.17, 15) is 9.59 Å². The average molecular weight is 273 g/mol. The summed E-state index contributed by atoms with van der Waals surface area (Å²) in [6, 6.07) is 1.72. The van der Waals surface area contributed by atoms with Crippen LogP contribution in [0.25, 0.3) is 0 Å². The van der Waals surface area contributed by atoms with E-state index in [1.165, 1.54) is 0 Å². The number of hydrogen-bond acceptors (Lipinski definition) is 3. The van der Waals surface area contributed by atoms with Crippen molar-refractivity contribution >= 4 is 11.8 Å². The van der Waals surface area contributed by atoms with E-state index < -0.39 is 0 Å². The summed E-state index contributed by atoms with van der Waals surface area (Å²) in [7, 11) is 0. The molecule has 0 radical (unpaired) electrons. The molecule has 1 saturated heterocycles. The molecule has 1 atom stereocenters. The highest BCUT2D eigenvalue weighted by Gasteiger charge is 2.40. The van der Waals surface area contributed by atoms with Crippen LogP contribution in [-0.2, 0) is 16.1 Å². The summed E-state index contributed by atoms with van der Waals surface area (Å²) in [6.45, 7) is 3.01. The number of amides is 2. The Morgan fingerprint density at radius 2 is 2.15 bits per heavy atom. The zero-order valence-corrected chi connectivity index (χ0v) is 11.6. The quantitative estimate of drug-likeness (QED) is 0.894. The summed E-state index contributed by atoms with van der Waals surface area (Å²) in [4.78, 5) is 30.2. The van der Waals surface area contributed by atoms with E-state index in [1.54, 1.807) is 17.3 Å². The minimum atomic E-state index is -0.317. The van der Waals surface area contributed by atoms with Crippen LogP contribution >= 0.6 is 0 Å². The predicted molar refractivity (Wildman–Crippen MR) is 73.7 cm³/mol. The summed E-state index contributed by atoms with van der Waals surface area (Å²) in [5.41, 5.74) is 2.10. The van der Waals surface area contributed by atoms with Crippen molar-refractivity contribution in [2.75, 3.05) is 6.54 Å². The van der Waals surface area contributed by atoms with Crippen molar-refractivity contribution in [1.29, 1.82) is 0 Å². The molecular formula is C15H19N3O2. The van der Waals surface area contributed by atoms with Crippen LogP contribution in [0, 0.1) is 12.8 Å². The van der Waals surface area contributed by atoms with E-state index in [0.29, 0.717) is 25.4 Å². The lowest BCUT2D eigenvalue weighted by atomic mass is 10.1. The van der Waals surface area contributed by atoms with Crippen molar-refractivity contribution in [2.24, 2.45) is 5.92 Å². The first-order valence-corrected chi connectivity index (χ1v) is 7.12. The van der Waals surface area contributed by atoms with Crippen molar-refractivity contribution in [1.82, 2.24) is 15.2 Å². The molecule has 2 aliphatic rings. The lowest BCUT2D eigenvalue weighted by Crippen LogP contribution is -2.45. The molecule has 3 rings (SSSR count). The smallest absolute Gasteiger partial charge is 0.245 e. The summed E-state index contributed by atoms with van der Waals surface area (Å²) in [5.74, 6) is 0.377. The molecule has 1 aromatic rings. The fourth-order valence-electron chi connectivity index (χ4n) is 2.68. The maximum Gasteiger partial charge on any atom is 0.245 e. The van der Waals surface area contributed by atoms with Gasteiger partial charge in [0.2, 0.25) is 11.8 Å². The van der Waals surface area contributed by atoms with E-state index in [4.69, 9.17) is 0 Å². The van der Waals surface area contributed by atoms with Gasteiger partial charge in [-0.25, -0.2) is 0 Å². The maximum atomic E-state index is 12.6. The highest BCUT2D eigenvalue weighted by Crippen LogP contribution is 2.34. The minimum Gasteiger partial charge on any atom is -0.344 e. The van der Waals surface area contributed by atoms with E-state index in [0.717, 1.165) is 24.0 Å². The highest BCUT2D eigenvalue weighted by atomic mass is 16.2. The Balaban J connectivity index is 1.76. The second kappa shape index (κ2) is 5.23. The van der Waals surface area contributed by atoms with Gasteiger partial charge in [0.15, 0.2) is 0 Å². The van der Waals surface area contributed by atoms with E-state index in [1.807, 2.05) is 13.0 Å². The SMILES string of the molecule is Cc1cncc(CN2CCC(=O)NC(C3CC3)C2=O)c1. The second-order valence-electron chi connectivity index (χ2n) is 5.76. The van der Waals surface area contributed by atoms with Crippen molar-refractivity contribution in [3.05, 3.63) is 29.6 Å². The molecule has 0 bridgehead atoms. The molecule has 0 spiro atoms. The molecule has 2 amide bonds. The average Bonchev–Trinajstić information content (AvgIpc) is 3.24. The zero-order valence-electron chi connectivity index (χ0n) is 11.6. The Bertz CT molecular complexity index is 540. The van der Waals surface area contributed by atoms with Gasteiger partial charge in [-0.2, -0.15) is 0 Å². The van der Waals surface area contributed by atoms with Crippen LogP contribution in [-0.4, -0.2) is 34.3 Å². The van der Waals surface area contributed by atoms with Gasteiger partial charge < -0.3 is 10.2 Å². The number of rotatable bonds is 3. The summed E-state index contributed by atoms with van der Waals surface area (Å²) in [6.07, 6.45) is 6.04. The molecule has 106 valence electrons. The standard InChI is InChI=1S/C15H19N3O2/c1-10-6-11(8-16-7-10)9-18-5-4-13(19)17-14(15(18)20)12-2-3-12/h6-8,12,14H,2-5,9H2,1H3,(H,17,19). The number of nitrogens with zero attached hydrogens (tertiary/aromatic N) is 2. The molecule has 2 heterocycles. The number of pyridine rings is 1. The summed E-state index contributed by atoms with van der Waals surface area (Å²) in [5, 5.41) is 2.87. The van der Waals surface area contributed by atoms with Gasteiger partial charge in [0.1, 0.15) is 6.04 Å². The van der Waals surface area contributed by atoms with Gasteiger partial charge in [-0.3, -0.25) is 14.6 Å². The largest absolute Gasteiger partial charge is 0.344 e. The van der Waals surface area contributed by atoms with Crippen LogP contribution in [0.3, 0.4) is 0 Å². The van der Waals surface area contributed by atoms with Crippen molar-refractivity contribution in [3.63, 3.8) is 0 Å². The molecule has 20 heavy (non-hydrogen) atoms. The monoisotopic (exact) mass is 273 g/mol. The number of aromatic nitrogens is 1. The van der Waals surface area contributed by atoms with E-state index >= 15 is 0 Å². The van der Waals surface area contributed by atoms with Crippen LogP contribution in [0.5, 0.6) is 0 Å². The van der Waals surface area contributed by atoms with E-state index in [-0.39, 0.29) is 17.9 Å². The van der Waals surface area contributed by atoms with Crippen LogP contribution in [0.4, 0.5) is 0 Å². The van der Waals surface area contributed by atoms with Gasteiger partial charge in [0.25, 0.3) is 0 Å². The maximum absolute atomic E-state index is 12.6. The number of carbonyl (C=O) groups is 2. The first kappa shape index (κ1) is 13.1. The fraction of sp³-hybridized carbons (Fsp3) is 0.533. The van der Waals surface area contributed by atoms with Crippen LogP contribution in [0.2, 0.25) is 0 Å². The summed E-state index contributed by atoms with van der Waals surface area (Å²) >= 11 is 0. The molecule has 5 heteroatoms. The molecule has 1 N–H and O–H groups in total. The highest BCUT2D eigenvalue weighted by molar-refractivity contribution is 5.90. The topological polar surface area (TPSA) is 62.3 Å². The molecular weight excluding hydrogens is 254 g/mol. The molecule has 1 aliphatic carbocycles. The Morgan fingerprint density at radius 1 is 1.35 bits per heavy atom. The molecule has 1 aromatic heterocycles. The van der Waals surface area contributed by atoms with E-state index in [2.05, 4.69) is 10.3 Å². The number of hydrogen-bond donors (Lipinski definition) is 1. The second-order valence-corrected chi connectivity index (χ2v) is 5.76. The third-order valence-corrected chi connectivity index (χ3v) is 3.90. The third-order valence-electron chi connectivity index (χ3n) is 3.90. The molecule has 2 fully saturated rings. The molecule has 1 unspecified atom stereocenters.